The molecule has 1 amide bonds. The summed E-state index contributed by atoms with van der Waals surface area (Å²) in [5.41, 5.74) is 1.53. The zero-order valence-electron chi connectivity index (χ0n) is 11.0. The molecule has 0 aliphatic rings. The molecule has 0 fully saturated rings. The maximum absolute atomic E-state index is 12.3. The SMILES string of the molecule is CSc1ccc(C)c(C(=O)Nc2sccc2C(=O)O)c1. The highest BCUT2D eigenvalue weighted by atomic mass is 32.2. The Morgan fingerprint density at radius 3 is 2.65 bits per heavy atom. The van der Waals surface area contributed by atoms with E-state index in [2.05, 4.69) is 5.32 Å². The van der Waals surface area contributed by atoms with E-state index >= 15 is 0 Å². The molecule has 6 heteroatoms. The van der Waals surface area contributed by atoms with Crippen molar-refractivity contribution in [3.63, 3.8) is 0 Å². The predicted octanol–water partition coefficient (Wildman–Crippen LogP) is 3.73. The third kappa shape index (κ3) is 3.02. The Kier molecular flexibility index (Phi) is 4.46. The number of hydrogen-bond acceptors (Lipinski definition) is 4. The molecule has 0 aliphatic carbocycles. The van der Waals surface area contributed by atoms with E-state index in [0.717, 1.165) is 10.5 Å². The van der Waals surface area contributed by atoms with Crippen molar-refractivity contribution in [1.82, 2.24) is 0 Å². The normalized spacial score (nSPS) is 10.3. The molecule has 0 saturated carbocycles. The van der Waals surface area contributed by atoms with Crippen molar-refractivity contribution in [2.75, 3.05) is 11.6 Å². The van der Waals surface area contributed by atoms with Crippen LogP contribution in [-0.2, 0) is 0 Å². The molecule has 0 saturated heterocycles. The molecule has 20 heavy (non-hydrogen) atoms. The summed E-state index contributed by atoms with van der Waals surface area (Å²) in [6.07, 6.45) is 1.94. The number of thiophene rings is 1. The number of rotatable bonds is 4. The number of carboxylic acid groups (broad SMARTS) is 1. The Labute approximate surface area is 124 Å². The van der Waals surface area contributed by atoms with Crippen LogP contribution < -0.4 is 5.32 Å². The molecule has 0 atom stereocenters. The molecule has 2 aromatic rings. The number of carbonyl (C=O) groups is 2. The molecular formula is C14H13NO3S2. The minimum Gasteiger partial charge on any atom is -0.478 e. The lowest BCUT2D eigenvalue weighted by atomic mass is 10.1. The Balaban J connectivity index is 2.28. The highest BCUT2D eigenvalue weighted by Crippen LogP contribution is 2.25. The zero-order chi connectivity index (χ0) is 14.7. The molecule has 2 N–H and O–H groups in total. The van der Waals surface area contributed by atoms with Crippen LogP contribution in [-0.4, -0.2) is 23.2 Å². The number of anilines is 1. The van der Waals surface area contributed by atoms with Crippen LogP contribution in [0.2, 0.25) is 0 Å². The second-order valence-corrected chi connectivity index (χ2v) is 5.90. The van der Waals surface area contributed by atoms with E-state index in [1.54, 1.807) is 17.1 Å². The molecule has 1 aromatic carbocycles. The number of carbonyl (C=O) groups excluding carboxylic acids is 1. The van der Waals surface area contributed by atoms with E-state index in [0.29, 0.717) is 10.6 Å². The van der Waals surface area contributed by atoms with Crippen LogP contribution >= 0.6 is 23.1 Å². The van der Waals surface area contributed by atoms with Gasteiger partial charge >= 0.3 is 5.97 Å². The average molecular weight is 307 g/mol. The van der Waals surface area contributed by atoms with E-state index in [1.807, 2.05) is 31.4 Å². The first kappa shape index (κ1) is 14.6. The maximum atomic E-state index is 12.3. The second-order valence-electron chi connectivity index (χ2n) is 4.10. The average Bonchev–Trinajstić information content (AvgIpc) is 2.87. The van der Waals surface area contributed by atoms with Crippen molar-refractivity contribution in [2.45, 2.75) is 11.8 Å². The maximum Gasteiger partial charge on any atom is 0.338 e. The van der Waals surface area contributed by atoms with Gasteiger partial charge in [0.05, 0.1) is 5.56 Å². The largest absolute Gasteiger partial charge is 0.478 e. The predicted molar refractivity (Wildman–Crippen MR) is 82.2 cm³/mol. The summed E-state index contributed by atoms with van der Waals surface area (Å²) in [6, 6.07) is 7.12. The Hall–Kier alpha value is -1.79. The molecule has 1 aromatic heterocycles. The van der Waals surface area contributed by atoms with Crippen LogP contribution in [0, 0.1) is 6.92 Å². The van der Waals surface area contributed by atoms with Crippen molar-refractivity contribution < 1.29 is 14.7 Å². The summed E-state index contributed by atoms with van der Waals surface area (Å²) in [7, 11) is 0. The molecule has 1 heterocycles. The molecule has 4 nitrogen and oxygen atoms in total. The quantitative estimate of drug-likeness (QED) is 0.845. The fourth-order valence-corrected chi connectivity index (χ4v) is 2.93. The number of hydrogen-bond donors (Lipinski definition) is 2. The molecule has 104 valence electrons. The zero-order valence-corrected chi connectivity index (χ0v) is 12.6. The monoisotopic (exact) mass is 307 g/mol. The van der Waals surface area contributed by atoms with Crippen molar-refractivity contribution in [2.24, 2.45) is 0 Å². The lowest BCUT2D eigenvalue weighted by Crippen LogP contribution is -2.14. The van der Waals surface area contributed by atoms with Crippen LogP contribution in [0.5, 0.6) is 0 Å². The first-order chi connectivity index (χ1) is 9.52. The fraction of sp³-hybridized carbons (Fsp3) is 0.143. The van der Waals surface area contributed by atoms with E-state index in [9.17, 15) is 9.59 Å². The minimum absolute atomic E-state index is 0.113. The minimum atomic E-state index is -1.05. The van der Waals surface area contributed by atoms with Crippen molar-refractivity contribution in [3.05, 3.63) is 46.3 Å². The lowest BCUT2D eigenvalue weighted by molar-refractivity contribution is 0.0698. The van der Waals surface area contributed by atoms with Crippen molar-refractivity contribution in [1.29, 1.82) is 0 Å². The number of benzene rings is 1. The number of amides is 1. The van der Waals surface area contributed by atoms with Crippen molar-refractivity contribution in [3.8, 4) is 0 Å². The number of thioether (sulfide) groups is 1. The summed E-state index contributed by atoms with van der Waals surface area (Å²) >= 11 is 2.75. The van der Waals surface area contributed by atoms with Gasteiger partial charge in [-0.25, -0.2) is 4.79 Å². The first-order valence-corrected chi connectivity index (χ1v) is 7.90. The summed E-state index contributed by atoms with van der Waals surface area (Å²) in [5.74, 6) is -1.33. The van der Waals surface area contributed by atoms with Crippen molar-refractivity contribution >= 4 is 40.0 Å². The van der Waals surface area contributed by atoms with Gasteiger partial charge in [-0.2, -0.15) is 0 Å². The van der Waals surface area contributed by atoms with Crippen LogP contribution in [0.4, 0.5) is 5.00 Å². The molecule has 2 rings (SSSR count). The highest BCUT2D eigenvalue weighted by molar-refractivity contribution is 7.98. The van der Waals surface area contributed by atoms with E-state index in [-0.39, 0.29) is 11.5 Å². The molecular weight excluding hydrogens is 294 g/mol. The van der Waals surface area contributed by atoms with Gasteiger partial charge in [-0.1, -0.05) is 6.07 Å². The third-order valence-corrected chi connectivity index (χ3v) is 4.37. The van der Waals surface area contributed by atoms with Gasteiger partial charge in [-0.3, -0.25) is 4.79 Å². The number of aromatic carboxylic acids is 1. The van der Waals surface area contributed by atoms with Gasteiger partial charge in [-0.05, 0) is 42.3 Å². The summed E-state index contributed by atoms with van der Waals surface area (Å²) in [4.78, 5) is 24.3. The van der Waals surface area contributed by atoms with E-state index < -0.39 is 5.97 Å². The molecule has 0 bridgehead atoms. The highest BCUT2D eigenvalue weighted by Gasteiger charge is 2.16. The van der Waals surface area contributed by atoms with Gasteiger partial charge in [0.25, 0.3) is 5.91 Å². The number of carboxylic acids is 1. The van der Waals surface area contributed by atoms with Gasteiger partial charge in [-0.15, -0.1) is 23.1 Å². The van der Waals surface area contributed by atoms with Crippen LogP contribution in [0.1, 0.15) is 26.3 Å². The molecule has 0 radical (unpaired) electrons. The van der Waals surface area contributed by atoms with Crippen LogP contribution in [0.3, 0.4) is 0 Å². The standard InChI is InChI=1S/C14H13NO3S2/c1-8-3-4-9(19-2)7-11(8)12(16)15-13-10(14(17)18)5-6-20-13/h3-7H,1-2H3,(H,15,16)(H,17,18). The summed E-state index contributed by atoms with van der Waals surface area (Å²) in [6.45, 7) is 1.85. The van der Waals surface area contributed by atoms with Gasteiger partial charge < -0.3 is 10.4 Å². The first-order valence-electron chi connectivity index (χ1n) is 5.79. The van der Waals surface area contributed by atoms with Gasteiger partial charge in [0, 0.05) is 10.5 Å². The topological polar surface area (TPSA) is 66.4 Å². The number of nitrogens with one attached hydrogen (secondary N) is 1. The molecule has 0 aliphatic heterocycles. The van der Waals surface area contributed by atoms with Gasteiger partial charge in [0.1, 0.15) is 5.00 Å². The van der Waals surface area contributed by atoms with Gasteiger partial charge in [0.15, 0.2) is 0 Å². The summed E-state index contributed by atoms with van der Waals surface area (Å²) in [5, 5.41) is 13.7. The Bertz CT molecular complexity index is 664. The lowest BCUT2D eigenvalue weighted by Gasteiger charge is -2.08. The third-order valence-electron chi connectivity index (χ3n) is 2.81. The van der Waals surface area contributed by atoms with E-state index in [1.165, 1.54) is 17.4 Å². The second kappa shape index (κ2) is 6.11. The smallest absolute Gasteiger partial charge is 0.338 e. The Morgan fingerprint density at radius 2 is 2.00 bits per heavy atom. The molecule has 0 spiro atoms. The Morgan fingerprint density at radius 1 is 1.25 bits per heavy atom. The molecule has 0 unspecified atom stereocenters. The van der Waals surface area contributed by atoms with Gasteiger partial charge in [0.2, 0.25) is 0 Å². The van der Waals surface area contributed by atoms with E-state index in [4.69, 9.17) is 5.11 Å². The van der Waals surface area contributed by atoms with Crippen LogP contribution in [0.25, 0.3) is 0 Å². The number of aryl methyl sites for hydroxylation is 1. The van der Waals surface area contributed by atoms with Crippen LogP contribution in [0.15, 0.2) is 34.5 Å². The fourth-order valence-electron chi connectivity index (χ4n) is 1.72. The summed E-state index contributed by atoms with van der Waals surface area (Å²) < 4.78 is 0.